The van der Waals surface area contributed by atoms with Gasteiger partial charge < -0.3 is 10.6 Å². The molecule has 0 bridgehead atoms. The van der Waals surface area contributed by atoms with Crippen molar-refractivity contribution in [3.8, 4) is 0 Å². The molecular formula is C16H19FN4O. The van der Waals surface area contributed by atoms with Gasteiger partial charge in [-0.1, -0.05) is 18.2 Å². The summed E-state index contributed by atoms with van der Waals surface area (Å²) < 4.78 is 15.4. The van der Waals surface area contributed by atoms with E-state index in [1.807, 2.05) is 13.1 Å². The summed E-state index contributed by atoms with van der Waals surface area (Å²) in [6.45, 7) is 1.04. The summed E-state index contributed by atoms with van der Waals surface area (Å²) in [4.78, 5) is 14.1. The number of hydrogen-bond donors (Lipinski definition) is 1. The number of benzene rings is 1. The van der Waals surface area contributed by atoms with E-state index in [4.69, 9.17) is 5.73 Å². The lowest BCUT2D eigenvalue weighted by Gasteiger charge is -2.16. The van der Waals surface area contributed by atoms with Crippen LogP contribution in [0.5, 0.6) is 0 Å². The number of aromatic nitrogens is 2. The van der Waals surface area contributed by atoms with E-state index in [1.54, 1.807) is 34.0 Å². The summed E-state index contributed by atoms with van der Waals surface area (Å²) in [7, 11) is 1.87. The third kappa shape index (κ3) is 2.74. The van der Waals surface area contributed by atoms with Crippen molar-refractivity contribution in [2.75, 3.05) is 13.1 Å². The highest BCUT2D eigenvalue weighted by molar-refractivity contribution is 5.79. The van der Waals surface area contributed by atoms with Gasteiger partial charge in [0.1, 0.15) is 5.82 Å². The first-order valence-corrected chi connectivity index (χ1v) is 7.31. The van der Waals surface area contributed by atoms with Crippen molar-refractivity contribution in [1.29, 1.82) is 0 Å². The number of aryl methyl sites for hydroxylation is 1. The lowest BCUT2D eigenvalue weighted by Crippen LogP contribution is -2.33. The Hall–Kier alpha value is -2.21. The minimum Gasteiger partial charge on any atom is -0.340 e. The first-order chi connectivity index (χ1) is 10.6. The summed E-state index contributed by atoms with van der Waals surface area (Å²) in [6, 6.07) is 8.17. The zero-order valence-corrected chi connectivity index (χ0v) is 12.4. The maximum Gasteiger partial charge on any atom is 0.227 e. The van der Waals surface area contributed by atoms with E-state index in [-0.39, 0.29) is 30.1 Å². The van der Waals surface area contributed by atoms with Gasteiger partial charge >= 0.3 is 0 Å². The van der Waals surface area contributed by atoms with Gasteiger partial charge in [0, 0.05) is 44.0 Å². The number of amides is 1. The number of carbonyl (C=O) groups excluding carboxylic acids is 1. The van der Waals surface area contributed by atoms with Crippen LogP contribution in [0.4, 0.5) is 4.39 Å². The maximum atomic E-state index is 13.7. The molecule has 2 N–H and O–H groups in total. The second-order valence-electron chi connectivity index (χ2n) is 5.72. The van der Waals surface area contributed by atoms with Crippen molar-refractivity contribution < 1.29 is 9.18 Å². The summed E-state index contributed by atoms with van der Waals surface area (Å²) in [5.74, 6) is -0.371. The minimum atomic E-state index is -0.345. The van der Waals surface area contributed by atoms with Gasteiger partial charge in [-0.15, -0.1) is 0 Å². The molecule has 5 nitrogen and oxygen atoms in total. The Morgan fingerprint density at radius 1 is 1.36 bits per heavy atom. The van der Waals surface area contributed by atoms with E-state index in [0.717, 1.165) is 5.69 Å². The number of carbonyl (C=O) groups is 1. The number of halogens is 1. The van der Waals surface area contributed by atoms with Gasteiger partial charge in [0.15, 0.2) is 0 Å². The molecule has 1 aliphatic rings. The van der Waals surface area contributed by atoms with E-state index >= 15 is 0 Å². The molecule has 6 heteroatoms. The molecule has 2 heterocycles. The smallest absolute Gasteiger partial charge is 0.227 e. The Morgan fingerprint density at radius 3 is 2.82 bits per heavy atom. The molecule has 1 amide bonds. The molecule has 1 aromatic heterocycles. The fourth-order valence-corrected chi connectivity index (χ4v) is 3.01. The standard InChI is InChI=1S/C16H19FN4O/c1-20-15(6-7-19-20)12-9-21(10-14(12)18)16(22)8-11-4-2-3-5-13(11)17/h2-7,12,14H,8-10,18H2,1H3/t12-,14-/m1/s1. The Kier molecular flexibility index (Phi) is 3.94. The van der Waals surface area contributed by atoms with Crippen LogP contribution >= 0.6 is 0 Å². The van der Waals surface area contributed by atoms with Gasteiger partial charge in [0.05, 0.1) is 6.42 Å². The number of hydrogen-bond acceptors (Lipinski definition) is 3. The van der Waals surface area contributed by atoms with E-state index in [0.29, 0.717) is 18.7 Å². The van der Waals surface area contributed by atoms with Crippen molar-refractivity contribution in [2.24, 2.45) is 12.8 Å². The highest BCUT2D eigenvalue weighted by atomic mass is 19.1. The highest BCUT2D eigenvalue weighted by Crippen LogP contribution is 2.26. The molecule has 1 aliphatic heterocycles. The van der Waals surface area contributed by atoms with Crippen LogP contribution in [0.1, 0.15) is 17.2 Å². The predicted octanol–water partition coefficient (Wildman–Crippen LogP) is 1.06. The third-order valence-electron chi connectivity index (χ3n) is 4.26. The lowest BCUT2D eigenvalue weighted by atomic mass is 10.0. The second kappa shape index (κ2) is 5.88. The van der Waals surface area contributed by atoms with E-state index in [2.05, 4.69) is 5.10 Å². The van der Waals surface area contributed by atoms with Crippen LogP contribution in [0.15, 0.2) is 36.5 Å². The molecule has 1 saturated heterocycles. The molecule has 1 aromatic carbocycles. The van der Waals surface area contributed by atoms with Crippen LogP contribution < -0.4 is 5.73 Å². The fourth-order valence-electron chi connectivity index (χ4n) is 3.01. The summed E-state index contributed by atoms with van der Waals surface area (Å²) in [5, 5.41) is 4.15. The van der Waals surface area contributed by atoms with E-state index in [1.165, 1.54) is 6.07 Å². The predicted molar refractivity (Wildman–Crippen MR) is 80.6 cm³/mol. The van der Waals surface area contributed by atoms with Gasteiger partial charge in [0.25, 0.3) is 0 Å². The Labute approximate surface area is 128 Å². The van der Waals surface area contributed by atoms with Crippen LogP contribution in [0.25, 0.3) is 0 Å². The van der Waals surface area contributed by atoms with Crippen molar-refractivity contribution in [3.63, 3.8) is 0 Å². The van der Waals surface area contributed by atoms with Crippen LogP contribution in [0.2, 0.25) is 0 Å². The molecule has 22 heavy (non-hydrogen) atoms. The molecule has 2 aromatic rings. The maximum absolute atomic E-state index is 13.7. The zero-order chi connectivity index (χ0) is 15.7. The van der Waals surface area contributed by atoms with Crippen LogP contribution in [-0.2, 0) is 18.3 Å². The van der Waals surface area contributed by atoms with Gasteiger partial charge in [-0.3, -0.25) is 9.48 Å². The van der Waals surface area contributed by atoms with Gasteiger partial charge in [-0.05, 0) is 17.7 Å². The van der Waals surface area contributed by atoms with Crippen molar-refractivity contribution >= 4 is 5.91 Å². The normalized spacial score (nSPS) is 21.3. The number of likely N-dealkylation sites (tertiary alicyclic amines) is 1. The van der Waals surface area contributed by atoms with Crippen LogP contribution in [0.3, 0.4) is 0 Å². The summed E-state index contributed by atoms with van der Waals surface area (Å²) >= 11 is 0. The Bertz CT molecular complexity index is 684. The van der Waals surface area contributed by atoms with Crippen LogP contribution in [0, 0.1) is 5.82 Å². The fraction of sp³-hybridized carbons (Fsp3) is 0.375. The lowest BCUT2D eigenvalue weighted by molar-refractivity contribution is -0.129. The van der Waals surface area contributed by atoms with Gasteiger partial charge in [-0.2, -0.15) is 5.10 Å². The van der Waals surface area contributed by atoms with E-state index in [9.17, 15) is 9.18 Å². The molecule has 1 fully saturated rings. The Balaban J connectivity index is 1.70. The van der Waals surface area contributed by atoms with Gasteiger partial charge in [0.2, 0.25) is 5.91 Å². The third-order valence-corrected chi connectivity index (χ3v) is 4.26. The minimum absolute atomic E-state index is 0.0667. The van der Waals surface area contributed by atoms with E-state index < -0.39 is 0 Å². The summed E-state index contributed by atoms with van der Waals surface area (Å²) in [5.41, 5.74) is 7.62. The number of nitrogens with two attached hydrogens (primary N) is 1. The zero-order valence-electron chi connectivity index (χ0n) is 12.4. The molecule has 116 valence electrons. The quantitative estimate of drug-likeness (QED) is 0.922. The average molecular weight is 302 g/mol. The molecule has 0 radical (unpaired) electrons. The topological polar surface area (TPSA) is 64.2 Å². The Morgan fingerprint density at radius 2 is 2.14 bits per heavy atom. The van der Waals surface area contributed by atoms with Crippen LogP contribution in [-0.4, -0.2) is 39.7 Å². The van der Waals surface area contributed by atoms with Crippen molar-refractivity contribution in [1.82, 2.24) is 14.7 Å². The SMILES string of the molecule is Cn1nccc1[C@@H]1CN(C(=O)Cc2ccccc2F)C[C@H]1N. The average Bonchev–Trinajstić information content (AvgIpc) is 3.07. The molecule has 2 atom stereocenters. The molecular weight excluding hydrogens is 283 g/mol. The molecule has 0 unspecified atom stereocenters. The number of rotatable bonds is 3. The van der Waals surface area contributed by atoms with Gasteiger partial charge in [-0.25, -0.2) is 4.39 Å². The molecule has 3 rings (SSSR count). The van der Waals surface area contributed by atoms with Crippen molar-refractivity contribution in [3.05, 3.63) is 53.6 Å². The number of nitrogens with zero attached hydrogens (tertiary/aromatic N) is 3. The molecule has 0 aliphatic carbocycles. The summed E-state index contributed by atoms with van der Waals surface area (Å²) in [6.07, 6.45) is 1.80. The highest BCUT2D eigenvalue weighted by Gasteiger charge is 2.35. The first kappa shape index (κ1) is 14.7. The molecule has 0 spiro atoms. The van der Waals surface area contributed by atoms with Crippen molar-refractivity contribution in [2.45, 2.75) is 18.4 Å². The monoisotopic (exact) mass is 302 g/mol. The first-order valence-electron chi connectivity index (χ1n) is 7.31. The molecule has 0 saturated carbocycles. The largest absolute Gasteiger partial charge is 0.340 e. The second-order valence-corrected chi connectivity index (χ2v) is 5.72.